The maximum Gasteiger partial charge on any atom is 0.118 e. The second-order valence-corrected chi connectivity index (χ2v) is 10.8. The highest BCUT2D eigenvalue weighted by atomic mass is 16.5. The van der Waals surface area contributed by atoms with E-state index >= 15 is 0 Å². The van der Waals surface area contributed by atoms with E-state index in [4.69, 9.17) is 4.74 Å². The third-order valence-electron chi connectivity index (χ3n) is 9.41. The predicted molar refractivity (Wildman–Crippen MR) is 120 cm³/mol. The van der Waals surface area contributed by atoms with E-state index in [0.29, 0.717) is 17.8 Å². The molecule has 0 spiro atoms. The Balaban J connectivity index is 1.44. The molecule has 0 amide bonds. The van der Waals surface area contributed by atoms with E-state index in [-0.39, 0.29) is 23.0 Å². The second kappa shape index (κ2) is 7.24. The maximum atomic E-state index is 11.4. The van der Waals surface area contributed by atoms with Gasteiger partial charge in [-0.2, -0.15) is 0 Å². The van der Waals surface area contributed by atoms with Gasteiger partial charge in [0.15, 0.2) is 0 Å². The summed E-state index contributed by atoms with van der Waals surface area (Å²) in [6.45, 7) is 4.79. The normalized spacial score (nSPS) is 44.1. The van der Waals surface area contributed by atoms with Crippen molar-refractivity contribution in [3.63, 3.8) is 0 Å². The molecule has 3 saturated carbocycles. The highest BCUT2D eigenvalue weighted by Gasteiger charge is 2.59. The molecule has 1 aromatic carbocycles. The number of hydrogen-bond acceptors (Lipinski definition) is 3. The van der Waals surface area contributed by atoms with Gasteiger partial charge in [0, 0.05) is 5.41 Å². The average Bonchev–Trinajstić information content (AvgIpc) is 3.00. The van der Waals surface area contributed by atoms with Crippen LogP contribution in [0.3, 0.4) is 0 Å². The number of benzene rings is 1. The Morgan fingerprint density at radius 1 is 1.00 bits per heavy atom. The fraction of sp³-hybridized carbons (Fsp3) is 0.630. The van der Waals surface area contributed by atoms with Crippen molar-refractivity contribution in [3.05, 3.63) is 47.1 Å². The summed E-state index contributed by atoms with van der Waals surface area (Å²) >= 11 is 0. The smallest absolute Gasteiger partial charge is 0.118 e. The molecule has 0 radical (unpaired) electrons. The Kier molecular flexibility index (Phi) is 4.91. The molecule has 0 bridgehead atoms. The molecular weight excluding hydrogens is 372 g/mol. The van der Waals surface area contributed by atoms with Crippen LogP contribution in [0, 0.1) is 28.6 Å². The van der Waals surface area contributed by atoms with Gasteiger partial charge in [0.05, 0.1) is 19.3 Å². The molecule has 1 aromatic rings. The zero-order valence-corrected chi connectivity index (χ0v) is 18.6. The van der Waals surface area contributed by atoms with Crippen LogP contribution in [0.15, 0.2) is 41.5 Å². The minimum atomic E-state index is -0.350. The Bertz CT molecular complexity index is 869. The van der Waals surface area contributed by atoms with Crippen molar-refractivity contribution in [1.82, 2.24) is 0 Å². The molecule has 0 unspecified atom stereocenters. The van der Waals surface area contributed by atoms with Crippen molar-refractivity contribution in [2.24, 2.45) is 28.6 Å². The van der Waals surface area contributed by atoms with Gasteiger partial charge in [-0.1, -0.05) is 43.7 Å². The van der Waals surface area contributed by atoms with Gasteiger partial charge in [-0.15, -0.1) is 0 Å². The lowest BCUT2D eigenvalue weighted by Crippen LogP contribution is -2.51. The lowest BCUT2D eigenvalue weighted by atomic mass is 9.48. The van der Waals surface area contributed by atoms with Gasteiger partial charge in [0.1, 0.15) is 5.75 Å². The summed E-state index contributed by atoms with van der Waals surface area (Å²) in [4.78, 5) is 0. The summed E-state index contributed by atoms with van der Waals surface area (Å²) in [5.74, 6) is 2.74. The fourth-order valence-electron chi connectivity index (χ4n) is 7.55. The molecule has 3 fully saturated rings. The molecule has 4 aliphatic rings. The van der Waals surface area contributed by atoms with Crippen LogP contribution in [-0.4, -0.2) is 29.5 Å². The van der Waals surface area contributed by atoms with Gasteiger partial charge in [0.2, 0.25) is 0 Å². The van der Waals surface area contributed by atoms with Crippen LogP contribution in [0.4, 0.5) is 0 Å². The van der Waals surface area contributed by atoms with E-state index in [1.165, 1.54) is 17.6 Å². The van der Waals surface area contributed by atoms with Crippen molar-refractivity contribution >= 4 is 6.08 Å². The molecular formula is C27H36O3. The van der Waals surface area contributed by atoms with Crippen molar-refractivity contribution < 1.29 is 14.9 Å². The Labute approximate surface area is 180 Å². The van der Waals surface area contributed by atoms with Crippen LogP contribution in [0.1, 0.15) is 64.4 Å². The molecule has 162 valence electrons. The first kappa shape index (κ1) is 20.3. The number of ether oxygens (including phenoxy) is 1. The van der Waals surface area contributed by atoms with E-state index < -0.39 is 0 Å². The number of allylic oxidation sites excluding steroid dienone is 1. The molecule has 3 nitrogen and oxygen atoms in total. The molecule has 0 aromatic heterocycles. The molecule has 4 aliphatic carbocycles. The van der Waals surface area contributed by atoms with Crippen LogP contribution in [0.2, 0.25) is 0 Å². The van der Waals surface area contributed by atoms with Crippen molar-refractivity contribution in [3.8, 4) is 5.75 Å². The molecule has 0 heterocycles. The van der Waals surface area contributed by atoms with Gasteiger partial charge >= 0.3 is 0 Å². The molecule has 30 heavy (non-hydrogen) atoms. The van der Waals surface area contributed by atoms with Crippen molar-refractivity contribution in [1.29, 1.82) is 0 Å². The van der Waals surface area contributed by atoms with Crippen LogP contribution in [-0.2, 0) is 0 Å². The summed E-state index contributed by atoms with van der Waals surface area (Å²) in [6.07, 6.45) is 11.5. The molecule has 2 N–H and O–H groups in total. The number of methoxy groups -OCH3 is 1. The first-order valence-corrected chi connectivity index (χ1v) is 11.8. The molecule has 5 rings (SSSR count). The van der Waals surface area contributed by atoms with Crippen molar-refractivity contribution in [2.75, 3.05) is 7.11 Å². The molecule has 0 aliphatic heterocycles. The van der Waals surface area contributed by atoms with Crippen LogP contribution in [0.5, 0.6) is 5.75 Å². The van der Waals surface area contributed by atoms with E-state index in [2.05, 4.69) is 38.1 Å². The van der Waals surface area contributed by atoms with E-state index in [1.54, 1.807) is 7.11 Å². The summed E-state index contributed by atoms with van der Waals surface area (Å²) in [7, 11) is 1.69. The fourth-order valence-corrected chi connectivity index (χ4v) is 7.55. The molecule has 0 saturated heterocycles. The largest absolute Gasteiger partial charge is 0.497 e. The van der Waals surface area contributed by atoms with Crippen LogP contribution >= 0.6 is 0 Å². The van der Waals surface area contributed by atoms with Gasteiger partial charge in [-0.3, -0.25) is 0 Å². The minimum absolute atomic E-state index is 0.0185. The van der Waals surface area contributed by atoms with E-state index in [0.717, 1.165) is 49.8 Å². The monoisotopic (exact) mass is 408 g/mol. The summed E-state index contributed by atoms with van der Waals surface area (Å²) in [6, 6.07) is 8.14. The number of fused-ring (bicyclic) bond motifs is 5. The number of rotatable bonds is 2. The Morgan fingerprint density at radius 2 is 1.77 bits per heavy atom. The van der Waals surface area contributed by atoms with Gasteiger partial charge in [-0.05, 0) is 91.4 Å². The van der Waals surface area contributed by atoms with Crippen molar-refractivity contribution in [2.45, 2.75) is 71.0 Å². The Morgan fingerprint density at radius 3 is 2.50 bits per heavy atom. The first-order valence-electron chi connectivity index (χ1n) is 11.8. The summed E-state index contributed by atoms with van der Waals surface area (Å²) in [5.41, 5.74) is 4.08. The number of hydrogen-bond donors (Lipinski definition) is 2. The van der Waals surface area contributed by atoms with Crippen LogP contribution < -0.4 is 4.74 Å². The maximum absolute atomic E-state index is 11.4. The third-order valence-corrected chi connectivity index (χ3v) is 9.41. The van der Waals surface area contributed by atoms with Gasteiger partial charge in [-0.25, -0.2) is 0 Å². The number of aliphatic hydroxyl groups excluding tert-OH is 2. The zero-order chi connectivity index (χ0) is 21.1. The highest BCUT2D eigenvalue weighted by molar-refractivity contribution is 5.56. The summed E-state index contributed by atoms with van der Waals surface area (Å²) in [5, 5.41) is 21.6. The van der Waals surface area contributed by atoms with Gasteiger partial charge < -0.3 is 14.9 Å². The lowest BCUT2D eigenvalue weighted by Gasteiger charge is -2.57. The standard InChI is InChI=1S/C27H36O3/c1-26-12-10-20(28)16-19(26)6-9-22-23(26)11-13-27(2)24(22)15-18(25(27)29)14-17-4-7-21(30-3)8-5-17/h4-8,14,20,22-25,28-29H,9-13,15-16H2,1-3H3/b18-14+/t20-,22-,23+,24+,25-,26-,27+/m0/s1. The van der Waals surface area contributed by atoms with Crippen LogP contribution in [0.25, 0.3) is 6.08 Å². The predicted octanol–water partition coefficient (Wildman–Crippen LogP) is 5.37. The summed E-state index contributed by atoms with van der Waals surface area (Å²) < 4.78 is 5.28. The highest BCUT2D eigenvalue weighted by Crippen LogP contribution is 2.65. The minimum Gasteiger partial charge on any atom is -0.497 e. The first-order chi connectivity index (χ1) is 14.3. The second-order valence-electron chi connectivity index (χ2n) is 10.8. The SMILES string of the molecule is COc1ccc(/C=C2\C[C@@H]3[C@H]4CC=C5C[C@@H](O)CC[C@]5(C)[C@@H]4CC[C@@]3(C)[C@H]2O)cc1. The third kappa shape index (κ3) is 3.00. The molecule has 7 atom stereocenters. The molecule has 3 heteroatoms. The van der Waals surface area contributed by atoms with Gasteiger partial charge in [0.25, 0.3) is 0 Å². The topological polar surface area (TPSA) is 49.7 Å². The average molecular weight is 409 g/mol. The Hall–Kier alpha value is -1.58. The lowest BCUT2D eigenvalue weighted by molar-refractivity contribution is -0.0685. The quantitative estimate of drug-likeness (QED) is 0.647. The number of aliphatic hydroxyl groups is 2. The van der Waals surface area contributed by atoms with E-state index in [1.807, 2.05) is 12.1 Å². The zero-order valence-electron chi connectivity index (χ0n) is 18.6. The van der Waals surface area contributed by atoms with E-state index in [9.17, 15) is 10.2 Å².